The van der Waals surface area contributed by atoms with Crippen LogP contribution in [0.2, 0.25) is 0 Å². The minimum absolute atomic E-state index is 0.144. The molecule has 4 heterocycles. The first kappa shape index (κ1) is 31.9. The highest BCUT2D eigenvalue weighted by atomic mass is 32.2. The highest BCUT2D eigenvalue weighted by Gasteiger charge is 2.32. The summed E-state index contributed by atoms with van der Waals surface area (Å²) in [5.74, 6) is -0.363. The summed E-state index contributed by atoms with van der Waals surface area (Å²) in [6.07, 6.45) is 2.43. The molecule has 12 heteroatoms. The molecule has 2 aromatic carbocycles. The minimum atomic E-state index is -0.969. The predicted molar refractivity (Wildman–Crippen MR) is 183 cm³/mol. The number of fused-ring (bicyclic) bond motifs is 1. The second-order valence-electron chi connectivity index (χ2n) is 11.4. The first-order valence-electron chi connectivity index (χ1n) is 15.2. The summed E-state index contributed by atoms with van der Waals surface area (Å²) < 4.78 is 12.4. The number of amides is 1. The van der Waals surface area contributed by atoms with Crippen molar-refractivity contribution in [2.75, 3.05) is 46.0 Å². The van der Waals surface area contributed by atoms with E-state index in [1.165, 1.54) is 11.8 Å². The number of hydrogen-bond acceptors (Lipinski definition) is 9. The average Bonchev–Trinajstić information content (AvgIpc) is 3.54. The monoisotopic (exact) mass is 657 g/mol. The number of hydrogen-bond donors (Lipinski definition) is 2. The number of aromatic nitrogens is 3. The lowest BCUT2D eigenvalue weighted by Gasteiger charge is -2.26. The quantitative estimate of drug-likeness (QED) is 0.169. The smallest absolute Gasteiger partial charge is 0.335 e. The maximum Gasteiger partial charge on any atom is 0.335 e. The number of ether oxygens (including phenoxy) is 2. The number of pyridine rings is 1. The zero-order chi connectivity index (χ0) is 32.4. The number of aryl methyl sites for hydroxylation is 3. The fourth-order valence-electron chi connectivity index (χ4n) is 5.92. The molecule has 0 spiro atoms. The molecule has 46 heavy (non-hydrogen) atoms. The van der Waals surface area contributed by atoms with E-state index in [1.54, 1.807) is 29.2 Å². The molecule has 2 fully saturated rings. The zero-order valence-electron chi connectivity index (χ0n) is 26.0. The third kappa shape index (κ3) is 6.70. The number of H-pyrrole nitrogens is 1. The molecule has 2 aromatic heterocycles. The molecule has 0 bridgehead atoms. The van der Waals surface area contributed by atoms with Crippen LogP contribution in [-0.4, -0.2) is 92.3 Å². The molecule has 1 amide bonds. The van der Waals surface area contributed by atoms with Gasteiger partial charge in [0, 0.05) is 54.1 Å². The van der Waals surface area contributed by atoms with E-state index in [-0.39, 0.29) is 11.5 Å². The number of carbonyl (C=O) groups is 2. The fourth-order valence-corrected chi connectivity index (χ4v) is 7.23. The Morgan fingerprint density at radius 2 is 1.89 bits per heavy atom. The molecule has 2 N–H and O–H groups in total. The Morgan fingerprint density at radius 1 is 1.13 bits per heavy atom. The second-order valence-corrected chi connectivity index (χ2v) is 13.1. The summed E-state index contributed by atoms with van der Waals surface area (Å²) in [5, 5.41) is 17.6. The van der Waals surface area contributed by atoms with Crippen molar-refractivity contribution in [3.63, 3.8) is 0 Å². The van der Waals surface area contributed by atoms with Crippen molar-refractivity contribution in [3.8, 4) is 16.9 Å². The molecule has 2 saturated heterocycles. The van der Waals surface area contributed by atoms with Gasteiger partial charge in [-0.2, -0.15) is 5.10 Å². The number of carboxylic acids is 1. The minimum Gasteiger partial charge on any atom is -0.492 e. The Morgan fingerprint density at radius 3 is 2.63 bits per heavy atom. The van der Waals surface area contributed by atoms with Gasteiger partial charge in [-0.25, -0.2) is 9.78 Å². The molecule has 2 aliphatic rings. The van der Waals surface area contributed by atoms with Gasteiger partial charge in [0.15, 0.2) is 5.65 Å². The summed E-state index contributed by atoms with van der Waals surface area (Å²) >= 11 is 6.87. The van der Waals surface area contributed by atoms with E-state index in [1.807, 2.05) is 32.1 Å². The number of benzene rings is 2. The Labute approximate surface area is 276 Å². The van der Waals surface area contributed by atoms with E-state index in [4.69, 9.17) is 31.8 Å². The van der Waals surface area contributed by atoms with Crippen LogP contribution in [0.25, 0.3) is 28.2 Å². The van der Waals surface area contributed by atoms with Gasteiger partial charge in [-0.3, -0.25) is 19.7 Å². The lowest BCUT2D eigenvalue weighted by Crippen LogP contribution is -2.38. The molecule has 0 radical (unpaired) electrons. The molecule has 0 saturated carbocycles. The van der Waals surface area contributed by atoms with E-state index in [0.29, 0.717) is 34.4 Å². The Balaban J connectivity index is 1.27. The third-order valence-corrected chi connectivity index (χ3v) is 9.73. The summed E-state index contributed by atoms with van der Waals surface area (Å²) in [6.45, 7) is 11.0. The molecule has 238 valence electrons. The van der Waals surface area contributed by atoms with Crippen LogP contribution in [0, 0.1) is 20.8 Å². The van der Waals surface area contributed by atoms with Crippen molar-refractivity contribution in [2.24, 2.45) is 0 Å². The zero-order valence-corrected chi connectivity index (χ0v) is 27.6. The van der Waals surface area contributed by atoms with Gasteiger partial charge in [-0.15, -0.1) is 0 Å². The van der Waals surface area contributed by atoms with E-state index in [9.17, 15) is 9.59 Å². The number of morpholine rings is 1. The molecule has 4 aromatic rings. The summed E-state index contributed by atoms with van der Waals surface area (Å²) in [6, 6.07) is 12.7. The highest BCUT2D eigenvalue weighted by molar-refractivity contribution is 8.26. The predicted octanol–water partition coefficient (Wildman–Crippen LogP) is 5.40. The van der Waals surface area contributed by atoms with Gasteiger partial charge in [0.2, 0.25) is 0 Å². The van der Waals surface area contributed by atoms with Gasteiger partial charge in [-0.05, 0) is 74.2 Å². The van der Waals surface area contributed by atoms with Crippen LogP contribution in [-0.2, 0) is 16.0 Å². The van der Waals surface area contributed by atoms with Gasteiger partial charge in [0.25, 0.3) is 5.91 Å². The molecule has 0 atom stereocenters. The number of thioether (sulfide) groups is 1. The van der Waals surface area contributed by atoms with Crippen LogP contribution in [0.4, 0.5) is 0 Å². The van der Waals surface area contributed by atoms with Crippen molar-refractivity contribution < 1.29 is 24.2 Å². The van der Waals surface area contributed by atoms with Crippen LogP contribution in [0.5, 0.6) is 5.75 Å². The van der Waals surface area contributed by atoms with Crippen LogP contribution >= 0.6 is 24.0 Å². The normalized spacial score (nSPS) is 16.6. The Hall–Kier alpha value is -4.10. The second kappa shape index (κ2) is 13.7. The molecule has 10 nitrogen and oxygen atoms in total. The van der Waals surface area contributed by atoms with E-state index in [0.717, 1.165) is 83.2 Å². The number of nitrogens with zero attached hydrogens (tertiary/aromatic N) is 4. The Kier molecular flexibility index (Phi) is 9.50. The molecule has 6 rings (SSSR count). The van der Waals surface area contributed by atoms with Gasteiger partial charge >= 0.3 is 5.97 Å². The topological polar surface area (TPSA) is 121 Å². The first-order chi connectivity index (χ1) is 22.2. The van der Waals surface area contributed by atoms with E-state index >= 15 is 0 Å². The van der Waals surface area contributed by atoms with Crippen LogP contribution in [0.15, 0.2) is 47.4 Å². The van der Waals surface area contributed by atoms with Crippen LogP contribution in [0.1, 0.15) is 38.4 Å². The summed E-state index contributed by atoms with van der Waals surface area (Å²) in [4.78, 5) is 33.9. The number of thiocarbonyl (C=S) groups is 1. The largest absolute Gasteiger partial charge is 0.492 e. The number of aromatic amines is 1. The van der Waals surface area contributed by atoms with E-state index in [2.05, 4.69) is 28.1 Å². The van der Waals surface area contributed by atoms with Crippen molar-refractivity contribution in [1.29, 1.82) is 0 Å². The fraction of sp³-hybridized carbons (Fsp3) is 0.324. The van der Waals surface area contributed by atoms with Crippen molar-refractivity contribution in [2.45, 2.75) is 27.2 Å². The number of rotatable bonds is 10. The summed E-state index contributed by atoms with van der Waals surface area (Å²) in [7, 11) is 0. The van der Waals surface area contributed by atoms with Gasteiger partial charge in [0.05, 0.1) is 23.7 Å². The van der Waals surface area contributed by atoms with Crippen LogP contribution in [0.3, 0.4) is 0 Å². The lowest BCUT2D eigenvalue weighted by molar-refractivity contribution is -0.122. The number of carboxylic acid groups (broad SMARTS) is 1. The van der Waals surface area contributed by atoms with Crippen LogP contribution < -0.4 is 4.74 Å². The highest BCUT2D eigenvalue weighted by Crippen LogP contribution is 2.39. The van der Waals surface area contributed by atoms with Gasteiger partial charge in [0.1, 0.15) is 16.7 Å². The standard InChI is InChI=1S/C34H35N5O5S2/c1-20-29(21(2)35-31-30(20)22(3)36-37-31)26-18-24(6-9-27(26)44-17-14-38-12-15-43-16-13-38)19-28-32(40)39(34(45)46-28)11-10-23-4-7-25(8-5-23)33(41)42/h4-9,18-19H,10-17H2,1-3H3,(H,41,42)(H,35,36,37)/b28-19-. The molecular formula is C34H35N5O5S2. The SMILES string of the molecule is Cc1nc2n[nH]c(C)c2c(C)c1-c1cc(/C=C2\SC(=S)N(CCc3ccc(C(=O)O)cc3)C2=O)ccc1OCCN1CCOCC1. The number of carbonyl (C=O) groups excluding carboxylic acids is 1. The number of aromatic carboxylic acids is 1. The van der Waals surface area contributed by atoms with Gasteiger partial charge < -0.3 is 14.6 Å². The first-order valence-corrected chi connectivity index (χ1v) is 16.4. The summed E-state index contributed by atoms with van der Waals surface area (Å²) in [5.41, 5.74) is 7.44. The van der Waals surface area contributed by atoms with Crippen molar-refractivity contribution >= 4 is 57.3 Å². The van der Waals surface area contributed by atoms with Crippen molar-refractivity contribution in [1.82, 2.24) is 25.0 Å². The van der Waals surface area contributed by atoms with Gasteiger partial charge in [-0.1, -0.05) is 42.2 Å². The maximum absolute atomic E-state index is 13.5. The van der Waals surface area contributed by atoms with E-state index < -0.39 is 5.97 Å². The third-order valence-electron chi connectivity index (χ3n) is 8.35. The maximum atomic E-state index is 13.5. The average molecular weight is 658 g/mol. The molecule has 0 unspecified atom stereocenters. The molecule has 0 aliphatic carbocycles. The molecular weight excluding hydrogens is 623 g/mol. The molecule has 2 aliphatic heterocycles. The van der Waals surface area contributed by atoms with Crippen molar-refractivity contribution in [3.05, 3.63) is 81.0 Å². The lowest BCUT2D eigenvalue weighted by atomic mass is 9.94. The Bertz CT molecular complexity index is 1850. The number of nitrogens with one attached hydrogen (secondary N) is 1.